The van der Waals surface area contributed by atoms with Gasteiger partial charge in [0.15, 0.2) is 0 Å². The molecule has 8 rings (SSSR count). The number of ether oxygens (including phenoxy) is 2. The van der Waals surface area contributed by atoms with E-state index in [2.05, 4.69) is 75.6 Å². The first-order chi connectivity index (χ1) is 29.7. The number of likely N-dealkylation sites (tertiary alicyclic amines) is 1. The minimum absolute atomic E-state index is 0.0857. The van der Waals surface area contributed by atoms with E-state index in [4.69, 9.17) is 19.4 Å². The number of nitrogens with one attached hydrogen (secondary N) is 3. The molecule has 320 valence electrons. The first-order valence-electron chi connectivity index (χ1n) is 21.9. The third-order valence-electron chi connectivity index (χ3n) is 12.7. The number of imidazole rings is 2. The van der Waals surface area contributed by atoms with Crippen molar-refractivity contribution in [1.82, 2.24) is 40.0 Å². The zero-order chi connectivity index (χ0) is 42.6. The minimum Gasteiger partial charge on any atom is -0.453 e. The molecule has 3 aromatic carbocycles. The van der Waals surface area contributed by atoms with Gasteiger partial charge in [-0.25, -0.2) is 14.8 Å². The molecule has 3 N–H and O–H groups in total. The number of likely N-dealkylation sites (N-methyl/N-ethyl adjacent to an activating group) is 1. The molecular weight excluding hydrogens is 769 g/mol. The molecule has 0 bridgehead atoms. The second-order valence-electron chi connectivity index (χ2n) is 16.7. The Balaban J connectivity index is 0.980. The van der Waals surface area contributed by atoms with Gasteiger partial charge in [-0.05, 0) is 96.0 Å². The molecule has 1 aliphatic carbocycles. The van der Waals surface area contributed by atoms with E-state index >= 15 is 0 Å². The van der Waals surface area contributed by atoms with E-state index < -0.39 is 12.1 Å². The van der Waals surface area contributed by atoms with Crippen molar-refractivity contribution < 1.29 is 23.9 Å². The van der Waals surface area contributed by atoms with Crippen LogP contribution in [0.15, 0.2) is 79.1 Å². The Morgan fingerprint density at radius 3 is 2.16 bits per heavy atom. The predicted octanol–water partition coefficient (Wildman–Crippen LogP) is 7.65. The number of hydrogen-bond acceptors (Lipinski definition) is 8. The van der Waals surface area contributed by atoms with Gasteiger partial charge in [-0.15, -0.1) is 0 Å². The van der Waals surface area contributed by atoms with E-state index in [-0.39, 0.29) is 35.9 Å². The van der Waals surface area contributed by atoms with Crippen LogP contribution in [-0.4, -0.2) is 105 Å². The molecule has 2 aliphatic heterocycles. The second-order valence-corrected chi connectivity index (χ2v) is 16.7. The number of aromatic amines is 2. The normalized spacial score (nSPS) is 17.9. The van der Waals surface area contributed by atoms with Crippen molar-refractivity contribution >= 4 is 17.9 Å². The summed E-state index contributed by atoms with van der Waals surface area (Å²) < 4.78 is 10.4. The predicted molar refractivity (Wildman–Crippen MR) is 234 cm³/mol. The molecule has 4 heterocycles. The van der Waals surface area contributed by atoms with Crippen molar-refractivity contribution in [2.75, 3.05) is 46.5 Å². The van der Waals surface area contributed by atoms with Gasteiger partial charge in [0.05, 0.1) is 56.2 Å². The molecule has 4 atom stereocenters. The van der Waals surface area contributed by atoms with Gasteiger partial charge in [-0.3, -0.25) is 14.5 Å². The van der Waals surface area contributed by atoms with Crippen LogP contribution in [0.1, 0.15) is 93.4 Å². The monoisotopic (exact) mass is 826 g/mol. The van der Waals surface area contributed by atoms with Crippen LogP contribution in [0.5, 0.6) is 0 Å². The van der Waals surface area contributed by atoms with Crippen LogP contribution in [0.2, 0.25) is 0 Å². The third kappa shape index (κ3) is 8.58. The van der Waals surface area contributed by atoms with Crippen LogP contribution >= 0.6 is 0 Å². The van der Waals surface area contributed by atoms with Gasteiger partial charge in [0, 0.05) is 26.2 Å². The number of rotatable bonds is 13. The number of fused-ring (bicyclic) bond motifs is 3. The number of amides is 3. The molecule has 3 aliphatic rings. The number of methoxy groups -OCH3 is 1. The number of H-pyrrole nitrogens is 2. The van der Waals surface area contributed by atoms with Crippen molar-refractivity contribution in [2.45, 2.75) is 84.0 Å². The molecule has 13 nitrogen and oxygen atoms in total. The number of aromatic nitrogens is 4. The highest BCUT2D eigenvalue weighted by Gasteiger charge is 2.38. The van der Waals surface area contributed by atoms with Gasteiger partial charge in [0.25, 0.3) is 0 Å². The summed E-state index contributed by atoms with van der Waals surface area (Å²) in [5, 5.41) is 2.72. The fourth-order valence-corrected chi connectivity index (χ4v) is 9.46. The molecule has 2 fully saturated rings. The maximum Gasteiger partial charge on any atom is 0.407 e. The van der Waals surface area contributed by atoms with Crippen LogP contribution < -0.4 is 5.32 Å². The molecule has 3 amide bonds. The summed E-state index contributed by atoms with van der Waals surface area (Å²) in [4.78, 5) is 63.1. The maximum atomic E-state index is 14.5. The van der Waals surface area contributed by atoms with Gasteiger partial charge in [0.2, 0.25) is 11.8 Å². The number of nitrogens with zero attached hydrogens (tertiary/aromatic N) is 5. The van der Waals surface area contributed by atoms with E-state index in [9.17, 15) is 14.4 Å². The number of carbonyl (C=O) groups is 3. The molecule has 0 unspecified atom stereocenters. The Morgan fingerprint density at radius 2 is 1.54 bits per heavy atom. The van der Waals surface area contributed by atoms with Gasteiger partial charge in [-0.1, -0.05) is 75.4 Å². The lowest BCUT2D eigenvalue weighted by atomic mass is 9.83. The Hall–Kier alpha value is -5.79. The Labute approximate surface area is 358 Å². The average Bonchev–Trinajstić information content (AvgIpc) is 4.10. The van der Waals surface area contributed by atoms with Gasteiger partial charge < -0.3 is 34.6 Å². The van der Waals surface area contributed by atoms with E-state index in [0.717, 1.165) is 71.8 Å². The fraction of sp³-hybridized carbons (Fsp3) is 0.438. The van der Waals surface area contributed by atoms with E-state index in [1.807, 2.05) is 61.2 Å². The van der Waals surface area contributed by atoms with Crippen molar-refractivity contribution in [3.05, 3.63) is 107 Å². The standard InChI is InChI=1S/C48H58N8O5/c1-6-40(55(7-2)47(58)43(31-12-9-8-10-13-31)54-22-24-61-25-23-54)44-49-28-38(51-44)34-17-19-36-32(26-34)15-16-33-27-35(18-20-37(33)36)39-29-50-45(52-39)41-14-11-21-56(41)46(57)42(30(3)4)53-48(59)60-5/h8-10,12-13,17-20,26-30,40-43H,6-7,11,14-16,21-25H2,1-5H3,(H,49,51)(H,50,52)(H,53,59)/t40-,41-,42-,43+/m0/s1. The van der Waals surface area contributed by atoms with Crippen molar-refractivity contribution in [3.63, 3.8) is 0 Å². The molecule has 13 heteroatoms. The molecule has 2 saturated heterocycles. The molecule has 0 saturated carbocycles. The highest BCUT2D eigenvalue weighted by molar-refractivity contribution is 5.87. The summed E-state index contributed by atoms with van der Waals surface area (Å²) in [6.07, 6.45) is 7.34. The van der Waals surface area contributed by atoms with Gasteiger partial charge >= 0.3 is 6.09 Å². The number of carbonyl (C=O) groups excluding carboxylic acids is 3. The second kappa shape index (κ2) is 18.4. The van der Waals surface area contributed by atoms with Crippen molar-refractivity contribution in [3.8, 4) is 33.6 Å². The lowest BCUT2D eigenvalue weighted by Crippen LogP contribution is -2.51. The summed E-state index contributed by atoms with van der Waals surface area (Å²) in [6, 6.07) is 21.9. The highest BCUT2D eigenvalue weighted by Crippen LogP contribution is 2.39. The third-order valence-corrected chi connectivity index (χ3v) is 12.7. The SMILES string of the molecule is CC[C@@H](c1ncc(-c2ccc3c(c2)CCc2cc(-c4cnc([C@@H]5CCCN5C(=O)[C@@H](NC(=O)OC)C(C)C)[nH]4)ccc2-3)[nH]1)N(CC)C(=O)[C@@H](c1ccccc1)N1CCOCC1. The average molecular weight is 827 g/mol. The van der Waals surface area contributed by atoms with E-state index in [1.54, 1.807) is 0 Å². The van der Waals surface area contributed by atoms with Crippen LogP contribution in [-0.2, 0) is 31.9 Å². The van der Waals surface area contributed by atoms with E-state index in [0.29, 0.717) is 39.4 Å². The van der Waals surface area contributed by atoms with E-state index in [1.165, 1.54) is 29.4 Å². The lowest BCUT2D eigenvalue weighted by molar-refractivity contribution is -0.142. The summed E-state index contributed by atoms with van der Waals surface area (Å²) >= 11 is 0. The molecular formula is C48H58N8O5. The van der Waals surface area contributed by atoms with Crippen molar-refractivity contribution in [1.29, 1.82) is 0 Å². The quantitative estimate of drug-likeness (QED) is 0.110. The molecule has 61 heavy (non-hydrogen) atoms. The minimum atomic E-state index is -0.680. The maximum absolute atomic E-state index is 14.5. The molecule has 2 aromatic heterocycles. The van der Waals surface area contributed by atoms with Gasteiger partial charge in [-0.2, -0.15) is 0 Å². The Bertz CT molecular complexity index is 2330. The number of alkyl carbamates (subject to hydrolysis) is 1. The fourth-order valence-electron chi connectivity index (χ4n) is 9.46. The topological polar surface area (TPSA) is 149 Å². The number of aryl methyl sites for hydroxylation is 2. The molecule has 0 radical (unpaired) electrons. The number of morpholine rings is 1. The molecule has 5 aromatic rings. The Morgan fingerprint density at radius 1 is 0.885 bits per heavy atom. The smallest absolute Gasteiger partial charge is 0.407 e. The summed E-state index contributed by atoms with van der Waals surface area (Å²) in [6.45, 7) is 11.8. The number of hydrogen-bond donors (Lipinski definition) is 3. The summed E-state index contributed by atoms with van der Waals surface area (Å²) in [5.74, 6) is 1.41. The van der Waals surface area contributed by atoms with Crippen LogP contribution in [0.4, 0.5) is 4.79 Å². The van der Waals surface area contributed by atoms with Crippen molar-refractivity contribution in [2.24, 2.45) is 5.92 Å². The summed E-state index contributed by atoms with van der Waals surface area (Å²) in [5.41, 5.74) is 9.99. The van der Waals surface area contributed by atoms with Crippen LogP contribution in [0.3, 0.4) is 0 Å². The largest absolute Gasteiger partial charge is 0.453 e. The number of benzene rings is 3. The van der Waals surface area contributed by atoms with Gasteiger partial charge in [0.1, 0.15) is 23.7 Å². The zero-order valence-electron chi connectivity index (χ0n) is 35.9. The van der Waals surface area contributed by atoms with Crippen LogP contribution in [0.25, 0.3) is 33.6 Å². The first kappa shape index (κ1) is 41.9. The molecule has 0 spiro atoms. The zero-order valence-corrected chi connectivity index (χ0v) is 35.9. The first-order valence-corrected chi connectivity index (χ1v) is 21.9. The Kier molecular flexibility index (Phi) is 12.7. The van der Waals surface area contributed by atoms with Crippen LogP contribution in [0, 0.1) is 5.92 Å². The summed E-state index contributed by atoms with van der Waals surface area (Å²) in [7, 11) is 1.30. The highest BCUT2D eigenvalue weighted by atomic mass is 16.5. The lowest BCUT2D eigenvalue weighted by Gasteiger charge is -2.38.